The predicted octanol–water partition coefficient (Wildman–Crippen LogP) is 6.77. The van der Waals surface area contributed by atoms with Crippen LogP contribution in [0.3, 0.4) is 0 Å². The number of carboxylic acids is 1. The molecule has 0 spiro atoms. The van der Waals surface area contributed by atoms with Crippen molar-refractivity contribution in [3.63, 3.8) is 0 Å². The number of rotatable bonds is 19. The van der Waals surface area contributed by atoms with Gasteiger partial charge in [-0.15, -0.1) is 0 Å². The summed E-state index contributed by atoms with van der Waals surface area (Å²) >= 11 is 0. The molecular weight excluding hydrogens is 1220 g/mol. The summed E-state index contributed by atoms with van der Waals surface area (Å²) in [6.45, 7) is 13.5. The highest BCUT2D eigenvalue weighted by Crippen LogP contribution is 2.46. The van der Waals surface area contributed by atoms with E-state index < -0.39 is 96.5 Å². The van der Waals surface area contributed by atoms with E-state index in [1.54, 1.807) is 80.4 Å². The number of aromatic nitrogens is 2. The molecule has 8 heterocycles. The van der Waals surface area contributed by atoms with E-state index in [1.807, 2.05) is 100 Å². The lowest BCUT2D eigenvalue weighted by Gasteiger charge is -2.36. The SMILES string of the molecule is CC1(C)OC2OC(CO)C3OC(C)(C)OC3C2O1.COc1ccc(-c2noc(CC(=O)NCC(=O)O)c2-c2ccc(OC)cc2)cc1.COc1ccc(-c2noc(CC(=O)NCC(=O)OCC3OC4OC(C)(C)OC4C4OC(C)(C)OC34)c2-c2ccc(OC)cc2)cc1. The number of methoxy groups -OCH3 is 4. The number of esters is 1. The maximum atomic E-state index is 13.0. The second kappa shape index (κ2) is 28.3. The van der Waals surface area contributed by atoms with E-state index >= 15 is 0 Å². The van der Waals surface area contributed by atoms with Crippen molar-refractivity contribution >= 4 is 23.8 Å². The molecule has 10 atom stereocenters. The number of aliphatic hydroxyl groups is 1. The maximum Gasteiger partial charge on any atom is 0.325 e. The lowest BCUT2D eigenvalue weighted by molar-refractivity contribution is -0.242. The molecule has 0 radical (unpaired) electrons. The van der Waals surface area contributed by atoms with Crippen molar-refractivity contribution in [3.05, 3.63) is 109 Å². The third kappa shape index (κ3) is 16.1. The van der Waals surface area contributed by atoms with Crippen LogP contribution in [0.4, 0.5) is 0 Å². The van der Waals surface area contributed by atoms with Gasteiger partial charge in [-0.2, -0.15) is 0 Å². The molecule has 6 saturated heterocycles. The molecule has 27 heteroatoms. The number of aliphatic carboxylic acids is 1. The largest absolute Gasteiger partial charge is 0.497 e. The standard InChI is InChI=1S/C33H38N2O11.C21H20N2O6.C12H20O6/c1-32(2)42-28-23(41-31-30(29(28)43-32)44-33(3,4)45-31)17-40-25(37)16-34-24(36)15-22-26(18-7-11-20(38-5)12-8-18)27(35-46-22)19-9-13-21(39-6)14-10-19;1-27-15-7-3-13(4-8-15)20-17(11-18(24)22-12-19(25)26)29-23-21(20)14-5-9-16(28-2)10-6-14;1-11(2)15-7-6(5-13)14-10-9(8(7)16-11)17-12(3,4)18-10/h7-14,23,28-31H,15-17H2,1-6H3,(H,34,36);3-10H,11-12H2,1-2H3,(H,22,24)(H,25,26);6-10,13H,5H2,1-4H3. The van der Waals surface area contributed by atoms with Crippen LogP contribution in [0.2, 0.25) is 0 Å². The van der Waals surface area contributed by atoms with Crippen molar-refractivity contribution in [2.24, 2.45) is 0 Å². The topological polar surface area (TPSA) is 323 Å². The van der Waals surface area contributed by atoms with Gasteiger partial charge in [-0.25, -0.2) is 0 Å². The summed E-state index contributed by atoms with van der Waals surface area (Å²) in [6.07, 6.45) is -5.08. The van der Waals surface area contributed by atoms with Crippen LogP contribution in [0.1, 0.15) is 66.9 Å². The first-order valence-electron chi connectivity index (χ1n) is 30.1. The molecule has 0 bridgehead atoms. The fourth-order valence-corrected chi connectivity index (χ4v) is 11.5. The van der Waals surface area contributed by atoms with Crippen LogP contribution in [-0.4, -0.2) is 184 Å². The van der Waals surface area contributed by atoms with Gasteiger partial charge in [0.25, 0.3) is 0 Å². The first-order chi connectivity index (χ1) is 44.3. The van der Waals surface area contributed by atoms with Gasteiger partial charge < -0.3 is 101 Å². The second-order valence-electron chi connectivity index (χ2n) is 24.2. The number of nitrogens with zero attached hydrogens (tertiary/aromatic N) is 2. The Morgan fingerprint density at radius 3 is 1.16 bits per heavy atom. The van der Waals surface area contributed by atoms with E-state index in [0.717, 1.165) is 22.3 Å². The number of carbonyl (C=O) groups excluding carboxylic acids is 3. The van der Waals surface area contributed by atoms with Gasteiger partial charge in [0.2, 0.25) is 11.8 Å². The average molecular weight is 1300 g/mol. The zero-order valence-electron chi connectivity index (χ0n) is 53.6. The van der Waals surface area contributed by atoms with Gasteiger partial charge in [0, 0.05) is 11.1 Å². The quantitative estimate of drug-likeness (QED) is 0.0608. The maximum absolute atomic E-state index is 13.0. The van der Waals surface area contributed by atoms with Crippen LogP contribution < -0.4 is 29.6 Å². The van der Waals surface area contributed by atoms with E-state index in [4.69, 9.17) is 85.2 Å². The van der Waals surface area contributed by atoms with Gasteiger partial charge in [-0.1, -0.05) is 34.6 Å². The van der Waals surface area contributed by atoms with Crippen molar-refractivity contribution in [1.82, 2.24) is 20.9 Å². The number of hydrogen-bond donors (Lipinski definition) is 4. The van der Waals surface area contributed by atoms with E-state index in [0.29, 0.717) is 57.0 Å². The van der Waals surface area contributed by atoms with Crippen molar-refractivity contribution in [2.75, 3.05) is 54.7 Å². The third-order valence-electron chi connectivity index (χ3n) is 15.6. The van der Waals surface area contributed by atoms with Crippen LogP contribution in [0.15, 0.2) is 106 Å². The molecule has 6 aliphatic heterocycles. The molecule has 0 saturated carbocycles. The molecule has 93 heavy (non-hydrogen) atoms. The Labute approximate surface area is 536 Å². The van der Waals surface area contributed by atoms with Gasteiger partial charge in [0.05, 0.1) is 59.0 Å². The number of aliphatic hydroxyl groups excluding tert-OH is 1. The highest BCUT2D eigenvalue weighted by atomic mass is 16.9. The van der Waals surface area contributed by atoms with Crippen LogP contribution >= 0.6 is 0 Å². The van der Waals surface area contributed by atoms with Crippen LogP contribution in [0.25, 0.3) is 44.8 Å². The molecule has 500 valence electrons. The molecule has 12 rings (SSSR count). The lowest BCUT2D eigenvalue weighted by Crippen LogP contribution is -2.56. The van der Waals surface area contributed by atoms with E-state index in [1.165, 1.54) is 0 Å². The van der Waals surface area contributed by atoms with Gasteiger partial charge in [0.1, 0.15) is 103 Å². The Balaban J connectivity index is 0.000000170. The molecule has 4 aromatic carbocycles. The van der Waals surface area contributed by atoms with E-state index in [9.17, 15) is 24.3 Å². The number of nitrogens with one attached hydrogen (secondary N) is 2. The zero-order chi connectivity index (χ0) is 66.6. The normalized spacial score (nSPS) is 25.4. The monoisotopic (exact) mass is 1290 g/mol. The minimum Gasteiger partial charge on any atom is -0.497 e. The number of hydrogen-bond acceptors (Lipinski definition) is 24. The van der Waals surface area contributed by atoms with Crippen LogP contribution in [-0.2, 0) is 84.1 Å². The van der Waals surface area contributed by atoms with Crippen LogP contribution in [0.5, 0.6) is 23.0 Å². The minimum absolute atomic E-state index is 0.128. The Morgan fingerprint density at radius 2 is 0.785 bits per heavy atom. The smallest absolute Gasteiger partial charge is 0.325 e. The highest BCUT2D eigenvalue weighted by molar-refractivity contribution is 5.89. The molecule has 6 aromatic rings. The summed E-state index contributed by atoms with van der Waals surface area (Å²) in [5.74, 6) is -2.39. The summed E-state index contributed by atoms with van der Waals surface area (Å²) in [7, 11) is 6.34. The van der Waals surface area contributed by atoms with Crippen LogP contribution in [0, 0.1) is 0 Å². The Bertz CT molecular complexity index is 3550. The van der Waals surface area contributed by atoms with Gasteiger partial charge in [0.15, 0.2) is 47.2 Å². The number of carboxylic acid groups (broad SMARTS) is 1. The molecule has 10 unspecified atom stereocenters. The van der Waals surface area contributed by atoms with E-state index in [-0.39, 0.29) is 50.9 Å². The van der Waals surface area contributed by atoms with Crippen molar-refractivity contribution in [3.8, 4) is 67.8 Å². The second-order valence-corrected chi connectivity index (χ2v) is 24.2. The van der Waals surface area contributed by atoms with Crippen molar-refractivity contribution < 1.29 is 109 Å². The Hall–Kier alpha value is -8.06. The molecule has 2 amide bonds. The summed E-state index contributed by atoms with van der Waals surface area (Å²) < 4.78 is 96.6. The van der Waals surface area contributed by atoms with Gasteiger partial charge in [-0.05, 0) is 139 Å². The number of carbonyl (C=O) groups is 4. The van der Waals surface area contributed by atoms with Crippen molar-refractivity contribution in [1.29, 1.82) is 0 Å². The summed E-state index contributed by atoms with van der Waals surface area (Å²) in [6, 6.07) is 29.3. The first kappa shape index (κ1) is 67.8. The Kier molecular flexibility index (Phi) is 20.6. The fourth-order valence-electron chi connectivity index (χ4n) is 11.5. The van der Waals surface area contributed by atoms with E-state index in [2.05, 4.69) is 20.9 Å². The first-order valence-corrected chi connectivity index (χ1v) is 30.1. The molecule has 2 aromatic heterocycles. The number of amides is 2. The van der Waals surface area contributed by atoms with Crippen molar-refractivity contribution in [2.45, 2.75) is 153 Å². The average Bonchev–Trinajstić information content (AvgIpc) is 1.61. The third-order valence-corrected chi connectivity index (χ3v) is 15.6. The predicted molar refractivity (Wildman–Crippen MR) is 325 cm³/mol. The highest BCUT2D eigenvalue weighted by Gasteiger charge is 2.62. The number of fused-ring (bicyclic) bond motifs is 6. The summed E-state index contributed by atoms with van der Waals surface area (Å²) in [5, 5.41) is 31.5. The Morgan fingerprint density at radius 1 is 0.452 bits per heavy atom. The van der Waals surface area contributed by atoms with Gasteiger partial charge in [-0.3, -0.25) is 19.2 Å². The molecule has 6 aliphatic rings. The summed E-state index contributed by atoms with van der Waals surface area (Å²) in [4.78, 5) is 48.5. The summed E-state index contributed by atoms with van der Waals surface area (Å²) in [5.41, 5.74) is 5.57. The minimum atomic E-state index is -1.12. The fraction of sp³-hybridized carbons (Fsp3) is 0.485. The molecule has 6 fully saturated rings. The van der Waals surface area contributed by atoms with Gasteiger partial charge >= 0.3 is 11.9 Å². The molecule has 0 aliphatic carbocycles. The lowest BCUT2D eigenvalue weighted by atomic mass is 9.98. The molecule has 27 nitrogen and oxygen atoms in total. The zero-order valence-corrected chi connectivity index (χ0v) is 53.6. The molecule has 4 N–H and O–H groups in total. The number of ether oxygens (including phenoxy) is 15. The number of benzene rings is 4. The molecular formula is C66H78N4O23.